The van der Waals surface area contributed by atoms with Crippen molar-refractivity contribution in [3.05, 3.63) is 24.3 Å². The van der Waals surface area contributed by atoms with Crippen LogP contribution in [0.15, 0.2) is 24.3 Å². The third-order valence-electron chi connectivity index (χ3n) is 2.69. The smallest absolute Gasteiger partial charge is 0.302 e. The predicted octanol–water partition coefficient (Wildman–Crippen LogP) is 4.80. The van der Waals surface area contributed by atoms with Crippen molar-refractivity contribution in [2.75, 3.05) is 6.61 Å². The van der Waals surface area contributed by atoms with Crippen LogP contribution in [0.2, 0.25) is 0 Å². The molecule has 0 radical (unpaired) electrons. The van der Waals surface area contributed by atoms with E-state index in [1.165, 1.54) is 45.4 Å². The second-order valence-corrected chi connectivity index (χ2v) is 4.51. The van der Waals surface area contributed by atoms with Crippen molar-refractivity contribution < 1.29 is 9.53 Å². The van der Waals surface area contributed by atoms with E-state index in [2.05, 4.69) is 31.2 Å². The van der Waals surface area contributed by atoms with Crippen molar-refractivity contribution in [2.24, 2.45) is 0 Å². The number of carbonyl (C=O) groups excluding carboxylic acids is 1. The zero-order valence-electron chi connectivity index (χ0n) is 12.0. The summed E-state index contributed by atoms with van der Waals surface area (Å²) in [5.74, 6) is -0.168. The Hall–Kier alpha value is -1.05. The SMILES string of the molecule is CC/C=C\C=C\CCCCCCCCOC(C)=O. The topological polar surface area (TPSA) is 26.3 Å². The molecular weight excluding hydrogens is 224 g/mol. The van der Waals surface area contributed by atoms with Gasteiger partial charge in [-0.2, -0.15) is 0 Å². The summed E-state index contributed by atoms with van der Waals surface area (Å²) in [7, 11) is 0. The van der Waals surface area contributed by atoms with Crippen LogP contribution in [-0.4, -0.2) is 12.6 Å². The van der Waals surface area contributed by atoms with Gasteiger partial charge >= 0.3 is 5.97 Å². The van der Waals surface area contributed by atoms with Gasteiger partial charge in [-0.1, -0.05) is 56.9 Å². The molecule has 0 fully saturated rings. The first-order chi connectivity index (χ1) is 8.77. The number of allylic oxidation sites excluding steroid dienone is 4. The van der Waals surface area contributed by atoms with Gasteiger partial charge in [0.25, 0.3) is 0 Å². The van der Waals surface area contributed by atoms with Gasteiger partial charge in [0, 0.05) is 6.92 Å². The molecule has 0 spiro atoms. The Morgan fingerprint density at radius 1 is 0.944 bits per heavy atom. The highest BCUT2D eigenvalue weighted by Gasteiger charge is 1.93. The number of ether oxygens (including phenoxy) is 1. The van der Waals surface area contributed by atoms with Crippen LogP contribution in [0.1, 0.15) is 65.2 Å². The molecule has 0 saturated heterocycles. The van der Waals surface area contributed by atoms with Crippen molar-refractivity contribution in [3.8, 4) is 0 Å². The summed E-state index contributed by atoms with van der Waals surface area (Å²) in [6.45, 7) is 4.19. The number of hydrogen-bond acceptors (Lipinski definition) is 2. The van der Waals surface area contributed by atoms with E-state index in [0.717, 1.165) is 12.8 Å². The van der Waals surface area contributed by atoms with Crippen LogP contribution < -0.4 is 0 Å². The minimum atomic E-state index is -0.168. The summed E-state index contributed by atoms with van der Waals surface area (Å²) >= 11 is 0. The van der Waals surface area contributed by atoms with Crippen molar-refractivity contribution in [1.29, 1.82) is 0 Å². The summed E-state index contributed by atoms with van der Waals surface area (Å²) in [5.41, 5.74) is 0. The van der Waals surface area contributed by atoms with Gasteiger partial charge in [-0.05, 0) is 25.7 Å². The van der Waals surface area contributed by atoms with E-state index < -0.39 is 0 Å². The van der Waals surface area contributed by atoms with Crippen molar-refractivity contribution in [3.63, 3.8) is 0 Å². The molecule has 0 bridgehead atoms. The number of hydrogen-bond donors (Lipinski definition) is 0. The monoisotopic (exact) mass is 252 g/mol. The molecule has 0 amide bonds. The van der Waals surface area contributed by atoms with Gasteiger partial charge in [-0.3, -0.25) is 4.79 Å². The zero-order valence-corrected chi connectivity index (χ0v) is 12.0. The molecule has 104 valence electrons. The lowest BCUT2D eigenvalue weighted by Gasteiger charge is -2.01. The fraction of sp³-hybridized carbons (Fsp3) is 0.688. The molecule has 0 unspecified atom stereocenters. The van der Waals surface area contributed by atoms with Crippen LogP contribution in [0.4, 0.5) is 0 Å². The van der Waals surface area contributed by atoms with Gasteiger partial charge in [0.1, 0.15) is 0 Å². The van der Waals surface area contributed by atoms with Crippen LogP contribution in [0.25, 0.3) is 0 Å². The van der Waals surface area contributed by atoms with E-state index >= 15 is 0 Å². The highest BCUT2D eigenvalue weighted by Crippen LogP contribution is 2.07. The fourth-order valence-electron chi connectivity index (χ4n) is 1.68. The predicted molar refractivity (Wildman–Crippen MR) is 77.5 cm³/mol. The van der Waals surface area contributed by atoms with Gasteiger partial charge in [0.2, 0.25) is 0 Å². The van der Waals surface area contributed by atoms with Gasteiger partial charge in [-0.25, -0.2) is 0 Å². The average Bonchev–Trinajstić information content (AvgIpc) is 2.34. The molecule has 0 aromatic heterocycles. The highest BCUT2D eigenvalue weighted by molar-refractivity contribution is 5.65. The zero-order chi connectivity index (χ0) is 13.5. The Kier molecular flexibility index (Phi) is 13.2. The standard InChI is InChI=1S/C16H28O2/c1-3-4-5-6-7-8-9-10-11-12-13-14-15-18-16(2)17/h4-7H,3,8-15H2,1-2H3/b5-4-,7-6+. The van der Waals surface area contributed by atoms with Gasteiger partial charge in [0.05, 0.1) is 6.61 Å². The number of unbranched alkanes of at least 4 members (excludes halogenated alkanes) is 6. The van der Waals surface area contributed by atoms with Crippen molar-refractivity contribution in [1.82, 2.24) is 0 Å². The minimum absolute atomic E-state index is 0.168. The maximum Gasteiger partial charge on any atom is 0.302 e. The van der Waals surface area contributed by atoms with Gasteiger partial charge in [0.15, 0.2) is 0 Å². The Balaban J connectivity index is 3.09. The maximum absolute atomic E-state index is 10.5. The third kappa shape index (κ3) is 14.9. The average molecular weight is 252 g/mol. The largest absolute Gasteiger partial charge is 0.466 e. The Morgan fingerprint density at radius 3 is 2.22 bits per heavy atom. The lowest BCUT2D eigenvalue weighted by Crippen LogP contribution is -1.99. The van der Waals surface area contributed by atoms with E-state index in [1.807, 2.05) is 0 Å². The van der Waals surface area contributed by atoms with E-state index in [-0.39, 0.29) is 5.97 Å². The minimum Gasteiger partial charge on any atom is -0.466 e. The Labute approximate surface area is 112 Å². The van der Waals surface area contributed by atoms with Gasteiger partial charge < -0.3 is 4.74 Å². The molecule has 0 aromatic rings. The summed E-state index contributed by atoms with van der Waals surface area (Å²) in [6.07, 6.45) is 18.3. The first kappa shape index (κ1) is 16.9. The lowest BCUT2D eigenvalue weighted by molar-refractivity contribution is -0.141. The van der Waals surface area contributed by atoms with E-state index in [0.29, 0.717) is 6.61 Å². The second kappa shape index (κ2) is 14.0. The highest BCUT2D eigenvalue weighted by atomic mass is 16.5. The number of esters is 1. The molecule has 2 nitrogen and oxygen atoms in total. The molecule has 2 heteroatoms. The third-order valence-corrected chi connectivity index (χ3v) is 2.69. The van der Waals surface area contributed by atoms with E-state index in [1.54, 1.807) is 0 Å². The molecule has 0 aliphatic rings. The van der Waals surface area contributed by atoms with Crippen LogP contribution >= 0.6 is 0 Å². The molecule has 0 rings (SSSR count). The molecule has 0 N–H and O–H groups in total. The first-order valence-corrected chi connectivity index (χ1v) is 7.22. The fourth-order valence-corrected chi connectivity index (χ4v) is 1.68. The molecule has 0 aliphatic carbocycles. The van der Waals surface area contributed by atoms with E-state index in [9.17, 15) is 4.79 Å². The summed E-state index contributed by atoms with van der Waals surface area (Å²) in [4.78, 5) is 10.5. The number of carbonyl (C=O) groups is 1. The first-order valence-electron chi connectivity index (χ1n) is 7.22. The molecule has 0 aliphatic heterocycles. The van der Waals surface area contributed by atoms with Crippen LogP contribution in [0.3, 0.4) is 0 Å². The summed E-state index contributed by atoms with van der Waals surface area (Å²) < 4.78 is 4.88. The Morgan fingerprint density at radius 2 is 1.56 bits per heavy atom. The summed E-state index contributed by atoms with van der Waals surface area (Å²) in [5, 5.41) is 0. The van der Waals surface area contributed by atoms with Crippen molar-refractivity contribution in [2.45, 2.75) is 65.2 Å². The normalized spacial score (nSPS) is 11.4. The molecule has 0 heterocycles. The molecule has 0 saturated carbocycles. The Bertz CT molecular complexity index is 241. The molecule has 0 aromatic carbocycles. The second-order valence-electron chi connectivity index (χ2n) is 4.51. The molecular formula is C16H28O2. The number of rotatable bonds is 11. The van der Waals surface area contributed by atoms with Crippen LogP contribution in [0.5, 0.6) is 0 Å². The van der Waals surface area contributed by atoms with Crippen molar-refractivity contribution >= 4 is 5.97 Å². The maximum atomic E-state index is 10.5. The quantitative estimate of drug-likeness (QED) is 0.300. The lowest BCUT2D eigenvalue weighted by atomic mass is 10.1. The van der Waals surface area contributed by atoms with Crippen LogP contribution in [0, 0.1) is 0 Å². The van der Waals surface area contributed by atoms with Gasteiger partial charge in [-0.15, -0.1) is 0 Å². The van der Waals surface area contributed by atoms with E-state index in [4.69, 9.17) is 4.74 Å². The van der Waals surface area contributed by atoms with Crippen LogP contribution in [-0.2, 0) is 9.53 Å². The molecule has 18 heavy (non-hydrogen) atoms. The summed E-state index contributed by atoms with van der Waals surface area (Å²) in [6, 6.07) is 0. The molecule has 0 atom stereocenters.